The van der Waals surface area contributed by atoms with Crippen LogP contribution in [-0.4, -0.2) is 35.0 Å². The van der Waals surface area contributed by atoms with E-state index in [-0.39, 0.29) is 18.0 Å². The number of thiazole rings is 1. The predicted molar refractivity (Wildman–Crippen MR) is 72.5 cm³/mol. The Morgan fingerprint density at radius 3 is 3.12 bits per heavy atom. The van der Waals surface area contributed by atoms with E-state index in [1.807, 2.05) is 31.8 Å². The molecule has 1 aromatic rings. The number of amides is 1. The number of thioether (sulfide) groups is 1. The van der Waals surface area contributed by atoms with Gasteiger partial charge in [-0.05, 0) is 13.8 Å². The molecule has 2 heterocycles. The van der Waals surface area contributed by atoms with E-state index in [1.165, 1.54) is 4.88 Å². The van der Waals surface area contributed by atoms with Crippen molar-refractivity contribution in [3.8, 4) is 0 Å². The summed E-state index contributed by atoms with van der Waals surface area (Å²) in [6, 6.07) is -0.0628. The molecule has 2 unspecified atom stereocenters. The van der Waals surface area contributed by atoms with Crippen LogP contribution in [0.15, 0.2) is 6.20 Å². The van der Waals surface area contributed by atoms with Crippen LogP contribution in [0.4, 0.5) is 0 Å². The predicted octanol–water partition coefficient (Wildman–Crippen LogP) is 1.33. The summed E-state index contributed by atoms with van der Waals surface area (Å²) >= 11 is 3.46. The quantitative estimate of drug-likeness (QED) is 0.871. The number of hydrogen-bond acceptors (Lipinski definition) is 5. The largest absolute Gasteiger partial charge is 0.346 e. The minimum atomic E-state index is -0.0581. The third-order valence-corrected chi connectivity index (χ3v) is 4.76. The number of nitrogens with zero attached hydrogens (tertiary/aromatic N) is 1. The average Bonchev–Trinajstić information content (AvgIpc) is 2.77. The highest BCUT2D eigenvalue weighted by molar-refractivity contribution is 7.99. The number of carbonyl (C=O) groups is 1. The summed E-state index contributed by atoms with van der Waals surface area (Å²) in [4.78, 5) is 17.4. The number of aromatic nitrogens is 1. The van der Waals surface area contributed by atoms with Gasteiger partial charge in [0.25, 0.3) is 0 Å². The molecule has 0 radical (unpaired) electrons. The Balaban J connectivity index is 1.89. The lowest BCUT2D eigenvalue weighted by molar-refractivity contribution is -0.123. The Kier molecular flexibility index (Phi) is 4.42. The molecular formula is C11H17N3OS2. The normalized spacial score (nSPS) is 22.1. The monoisotopic (exact) mass is 271 g/mol. The second kappa shape index (κ2) is 5.84. The van der Waals surface area contributed by atoms with E-state index in [9.17, 15) is 4.79 Å². The summed E-state index contributed by atoms with van der Waals surface area (Å²) < 4.78 is 0. The van der Waals surface area contributed by atoms with Crippen molar-refractivity contribution in [2.45, 2.75) is 25.9 Å². The first-order chi connectivity index (χ1) is 8.16. The molecule has 6 heteroatoms. The third kappa shape index (κ3) is 3.43. The summed E-state index contributed by atoms with van der Waals surface area (Å²) in [6.07, 6.45) is 1.84. The zero-order chi connectivity index (χ0) is 12.3. The summed E-state index contributed by atoms with van der Waals surface area (Å²) in [6.45, 7) is 4.91. The van der Waals surface area contributed by atoms with E-state index in [1.54, 1.807) is 11.3 Å². The van der Waals surface area contributed by atoms with Crippen LogP contribution in [0.2, 0.25) is 0 Å². The maximum absolute atomic E-state index is 12.0. The fourth-order valence-electron chi connectivity index (χ4n) is 1.68. The van der Waals surface area contributed by atoms with Gasteiger partial charge in [-0.25, -0.2) is 4.98 Å². The standard InChI is InChI=1S/C11H17N3OS2/c1-7-5-13-11(17-7)8(2)14-10(15)9-6-16-4-3-12-9/h5,8-9,12H,3-4,6H2,1-2H3,(H,14,15). The van der Waals surface area contributed by atoms with Crippen LogP contribution in [-0.2, 0) is 4.79 Å². The van der Waals surface area contributed by atoms with Gasteiger partial charge in [0.05, 0.1) is 12.1 Å². The molecule has 94 valence electrons. The lowest BCUT2D eigenvalue weighted by atomic mass is 10.2. The molecule has 0 saturated carbocycles. The lowest BCUT2D eigenvalue weighted by Crippen LogP contribution is -2.49. The van der Waals surface area contributed by atoms with Crippen molar-refractivity contribution >= 4 is 29.0 Å². The van der Waals surface area contributed by atoms with Crippen LogP contribution in [0.3, 0.4) is 0 Å². The van der Waals surface area contributed by atoms with Crippen LogP contribution >= 0.6 is 23.1 Å². The fourth-order valence-corrected chi connectivity index (χ4v) is 3.39. The Morgan fingerprint density at radius 2 is 2.53 bits per heavy atom. The van der Waals surface area contributed by atoms with Crippen molar-refractivity contribution in [1.29, 1.82) is 0 Å². The van der Waals surface area contributed by atoms with Gasteiger partial charge in [0.1, 0.15) is 5.01 Å². The van der Waals surface area contributed by atoms with Crippen LogP contribution in [0.25, 0.3) is 0 Å². The Bertz CT molecular complexity index is 388. The molecule has 0 aliphatic carbocycles. The molecule has 1 aliphatic heterocycles. The molecule has 2 rings (SSSR count). The SMILES string of the molecule is Cc1cnc(C(C)NC(=O)C2CSCCN2)s1. The summed E-state index contributed by atoms with van der Waals surface area (Å²) in [5, 5.41) is 7.21. The van der Waals surface area contributed by atoms with Crippen LogP contribution in [0, 0.1) is 6.92 Å². The van der Waals surface area contributed by atoms with E-state index < -0.39 is 0 Å². The van der Waals surface area contributed by atoms with E-state index in [2.05, 4.69) is 15.6 Å². The molecule has 0 bridgehead atoms. The molecule has 4 nitrogen and oxygen atoms in total. The first-order valence-corrected chi connectivity index (χ1v) is 7.68. The van der Waals surface area contributed by atoms with Crippen molar-refractivity contribution < 1.29 is 4.79 Å². The zero-order valence-electron chi connectivity index (χ0n) is 10.0. The van der Waals surface area contributed by atoms with Crippen molar-refractivity contribution in [3.63, 3.8) is 0 Å². The molecule has 2 N–H and O–H groups in total. The minimum Gasteiger partial charge on any atom is -0.346 e. The van der Waals surface area contributed by atoms with Gasteiger partial charge in [0.15, 0.2) is 0 Å². The summed E-state index contributed by atoms with van der Waals surface area (Å²) in [7, 11) is 0. The number of rotatable bonds is 3. The van der Waals surface area contributed by atoms with Gasteiger partial charge in [-0.3, -0.25) is 4.79 Å². The van der Waals surface area contributed by atoms with E-state index >= 15 is 0 Å². The molecule has 1 aliphatic rings. The number of nitrogens with one attached hydrogen (secondary N) is 2. The Morgan fingerprint density at radius 1 is 1.71 bits per heavy atom. The number of aryl methyl sites for hydroxylation is 1. The molecule has 1 aromatic heterocycles. The van der Waals surface area contributed by atoms with E-state index in [0.29, 0.717) is 0 Å². The van der Waals surface area contributed by atoms with Crippen molar-refractivity contribution in [2.24, 2.45) is 0 Å². The smallest absolute Gasteiger partial charge is 0.238 e. The minimum absolute atomic E-state index is 0.00470. The van der Waals surface area contributed by atoms with Gasteiger partial charge in [0.2, 0.25) is 5.91 Å². The molecule has 1 amide bonds. The van der Waals surface area contributed by atoms with Crippen molar-refractivity contribution in [3.05, 3.63) is 16.1 Å². The highest BCUT2D eigenvalue weighted by Gasteiger charge is 2.23. The highest BCUT2D eigenvalue weighted by atomic mass is 32.2. The van der Waals surface area contributed by atoms with Gasteiger partial charge >= 0.3 is 0 Å². The third-order valence-electron chi connectivity index (χ3n) is 2.61. The Labute approximate surface area is 110 Å². The van der Waals surface area contributed by atoms with Crippen LogP contribution < -0.4 is 10.6 Å². The first kappa shape index (κ1) is 12.9. The number of carbonyl (C=O) groups excluding carboxylic acids is 1. The topological polar surface area (TPSA) is 54.0 Å². The van der Waals surface area contributed by atoms with Crippen LogP contribution in [0.5, 0.6) is 0 Å². The van der Waals surface area contributed by atoms with E-state index in [4.69, 9.17) is 0 Å². The van der Waals surface area contributed by atoms with Gasteiger partial charge in [-0.2, -0.15) is 11.8 Å². The van der Waals surface area contributed by atoms with Gasteiger partial charge in [-0.1, -0.05) is 0 Å². The van der Waals surface area contributed by atoms with Crippen LogP contribution in [0.1, 0.15) is 22.9 Å². The maximum atomic E-state index is 12.0. The summed E-state index contributed by atoms with van der Waals surface area (Å²) in [5.41, 5.74) is 0. The molecule has 1 saturated heterocycles. The van der Waals surface area contributed by atoms with Gasteiger partial charge in [-0.15, -0.1) is 11.3 Å². The lowest BCUT2D eigenvalue weighted by Gasteiger charge is -2.23. The van der Waals surface area contributed by atoms with Gasteiger partial charge < -0.3 is 10.6 Å². The van der Waals surface area contributed by atoms with Crippen molar-refractivity contribution in [1.82, 2.24) is 15.6 Å². The van der Waals surface area contributed by atoms with E-state index in [0.717, 1.165) is 23.1 Å². The molecular weight excluding hydrogens is 254 g/mol. The maximum Gasteiger partial charge on any atom is 0.238 e. The fraction of sp³-hybridized carbons (Fsp3) is 0.636. The highest BCUT2D eigenvalue weighted by Crippen LogP contribution is 2.19. The van der Waals surface area contributed by atoms with Crippen molar-refractivity contribution in [2.75, 3.05) is 18.1 Å². The Hall–Kier alpha value is -0.590. The molecule has 0 aromatic carbocycles. The van der Waals surface area contributed by atoms with Gasteiger partial charge in [0, 0.05) is 29.1 Å². The summed E-state index contributed by atoms with van der Waals surface area (Å²) in [5.74, 6) is 2.03. The molecule has 17 heavy (non-hydrogen) atoms. The zero-order valence-corrected chi connectivity index (χ0v) is 11.7. The molecule has 0 spiro atoms. The molecule has 2 atom stereocenters. The first-order valence-electron chi connectivity index (χ1n) is 5.70. The molecule has 1 fully saturated rings. The number of hydrogen-bond donors (Lipinski definition) is 2. The second-order valence-electron chi connectivity index (χ2n) is 4.12. The average molecular weight is 271 g/mol. The second-order valence-corrected chi connectivity index (χ2v) is 6.54.